The quantitative estimate of drug-likeness (QED) is 0.212. The van der Waals surface area contributed by atoms with Crippen molar-refractivity contribution in [2.24, 2.45) is 0 Å². The Morgan fingerprint density at radius 3 is 2.60 bits per heavy atom. The lowest BCUT2D eigenvalue weighted by Crippen LogP contribution is -2.44. The Labute approximate surface area is 239 Å². The van der Waals surface area contributed by atoms with Gasteiger partial charge in [-0.3, -0.25) is 4.72 Å². The number of sulfonamides is 1. The Morgan fingerprint density at radius 1 is 1.05 bits per heavy atom. The molecule has 0 aliphatic carbocycles. The molecule has 2 aromatic heterocycles. The van der Waals surface area contributed by atoms with Crippen molar-refractivity contribution in [1.29, 1.82) is 0 Å². The van der Waals surface area contributed by atoms with Crippen LogP contribution in [0.2, 0.25) is 0 Å². The zero-order valence-corrected chi connectivity index (χ0v) is 23.3. The number of aryl methyl sites for hydroxylation is 1. The highest BCUT2D eigenvalue weighted by Crippen LogP contribution is 2.40. The number of benzene rings is 2. The summed E-state index contributed by atoms with van der Waals surface area (Å²) in [6.07, 6.45) is -3.56. The predicted octanol–water partition coefficient (Wildman–Crippen LogP) is 5.60. The fourth-order valence-corrected chi connectivity index (χ4v) is 5.81. The van der Waals surface area contributed by atoms with Crippen LogP contribution in [0.4, 0.5) is 29.2 Å². The van der Waals surface area contributed by atoms with Crippen molar-refractivity contribution in [3.05, 3.63) is 66.5 Å². The Hall–Kier alpha value is -4.04. The van der Waals surface area contributed by atoms with E-state index in [9.17, 15) is 26.0 Å². The van der Waals surface area contributed by atoms with E-state index in [0.717, 1.165) is 0 Å². The molecular weight excluding hydrogens is 576 g/mol. The summed E-state index contributed by atoms with van der Waals surface area (Å²) in [5.74, 6) is -0.164. The van der Waals surface area contributed by atoms with Crippen LogP contribution in [0.5, 0.6) is 11.6 Å². The number of piperidine rings is 1. The molecule has 3 heterocycles. The molecule has 5 rings (SSSR count). The number of nitrogens with one attached hydrogen (secondary N) is 3. The molecule has 0 unspecified atom stereocenters. The molecule has 1 aliphatic rings. The number of ether oxygens (including phenoxy) is 1. The normalized spacial score (nSPS) is 17.6. The van der Waals surface area contributed by atoms with Crippen molar-refractivity contribution in [1.82, 2.24) is 20.3 Å². The van der Waals surface area contributed by atoms with Gasteiger partial charge in [-0.2, -0.15) is 13.2 Å². The smallest absolute Gasteiger partial charge is 0.390 e. The third kappa shape index (κ3) is 7.23. The van der Waals surface area contributed by atoms with E-state index in [4.69, 9.17) is 4.74 Å². The van der Waals surface area contributed by atoms with Crippen LogP contribution in [-0.2, 0) is 10.0 Å². The number of halogens is 4. The molecule has 0 amide bonds. The molecule has 1 aliphatic heterocycles. The zero-order chi connectivity index (χ0) is 29.9. The van der Waals surface area contributed by atoms with E-state index in [-0.39, 0.29) is 17.6 Å². The molecule has 42 heavy (non-hydrogen) atoms. The fraction of sp³-hybridized carbons (Fsp3) is 0.321. The van der Waals surface area contributed by atoms with Gasteiger partial charge in [0.1, 0.15) is 11.9 Å². The molecule has 222 valence electrons. The average Bonchev–Trinajstić information content (AvgIpc) is 2.94. The summed E-state index contributed by atoms with van der Waals surface area (Å²) in [4.78, 5) is 13.3. The highest BCUT2D eigenvalue weighted by molar-refractivity contribution is 7.92. The van der Waals surface area contributed by atoms with E-state index < -0.39 is 34.5 Å². The zero-order valence-electron chi connectivity index (χ0n) is 22.5. The van der Waals surface area contributed by atoms with Gasteiger partial charge >= 0.3 is 6.18 Å². The maximum atomic E-state index is 13.8. The predicted molar refractivity (Wildman–Crippen MR) is 152 cm³/mol. The summed E-state index contributed by atoms with van der Waals surface area (Å²) in [7, 11) is -4.28. The minimum Gasteiger partial charge on any atom is -0.437 e. The van der Waals surface area contributed by atoms with Crippen LogP contribution < -0.4 is 20.1 Å². The van der Waals surface area contributed by atoms with E-state index in [0.29, 0.717) is 58.8 Å². The lowest BCUT2D eigenvalue weighted by molar-refractivity contribution is -0.129. The van der Waals surface area contributed by atoms with Gasteiger partial charge in [0.05, 0.1) is 29.1 Å². The minimum absolute atomic E-state index is 0.137. The van der Waals surface area contributed by atoms with Gasteiger partial charge in [0.2, 0.25) is 21.9 Å². The van der Waals surface area contributed by atoms with Gasteiger partial charge in [0.15, 0.2) is 0 Å². The van der Waals surface area contributed by atoms with Gasteiger partial charge in [-0.25, -0.2) is 27.8 Å². The number of rotatable bonds is 9. The first-order valence-electron chi connectivity index (χ1n) is 13.1. The average molecular weight is 605 g/mol. The van der Waals surface area contributed by atoms with Crippen molar-refractivity contribution in [2.75, 3.05) is 28.9 Å². The van der Waals surface area contributed by atoms with E-state index in [2.05, 4.69) is 30.3 Å². The summed E-state index contributed by atoms with van der Waals surface area (Å²) >= 11 is 0. The molecule has 1 fully saturated rings. The van der Waals surface area contributed by atoms with Gasteiger partial charge in [-0.05, 0) is 36.8 Å². The molecular formula is C28H28F4N6O3S. The number of alkyl halides is 4. The van der Waals surface area contributed by atoms with E-state index in [1.54, 1.807) is 61.8 Å². The summed E-state index contributed by atoms with van der Waals surface area (Å²) < 4.78 is 85.3. The highest BCUT2D eigenvalue weighted by atomic mass is 32.2. The summed E-state index contributed by atoms with van der Waals surface area (Å²) in [6, 6.07) is 13.3. The first-order chi connectivity index (χ1) is 20.0. The third-order valence-electron chi connectivity index (χ3n) is 6.63. The Morgan fingerprint density at radius 2 is 1.83 bits per heavy atom. The minimum atomic E-state index is -4.60. The maximum absolute atomic E-state index is 13.8. The van der Waals surface area contributed by atoms with Gasteiger partial charge in [-0.1, -0.05) is 24.3 Å². The van der Waals surface area contributed by atoms with Crippen LogP contribution in [-0.4, -0.2) is 60.6 Å². The molecule has 2 atom stereocenters. The van der Waals surface area contributed by atoms with Crippen LogP contribution in [0.3, 0.4) is 0 Å². The lowest BCUT2D eigenvalue weighted by Gasteiger charge is -2.26. The van der Waals surface area contributed by atoms with Crippen molar-refractivity contribution in [3.63, 3.8) is 0 Å². The van der Waals surface area contributed by atoms with Crippen molar-refractivity contribution in [2.45, 2.75) is 38.2 Å². The molecule has 0 saturated carbocycles. The van der Waals surface area contributed by atoms with Gasteiger partial charge in [-0.15, -0.1) is 0 Å². The number of anilines is 2. The topological polar surface area (TPSA) is 118 Å². The second kappa shape index (κ2) is 12.1. The second-order valence-electron chi connectivity index (χ2n) is 9.96. The van der Waals surface area contributed by atoms with Crippen LogP contribution in [0.1, 0.15) is 18.4 Å². The molecule has 0 bridgehead atoms. The summed E-state index contributed by atoms with van der Waals surface area (Å²) in [5.41, 5.74) is 1.72. The molecule has 4 aromatic rings. The monoisotopic (exact) mass is 604 g/mol. The number of hydrogen-bond donors (Lipinski definition) is 3. The number of nitrogens with zero attached hydrogens (tertiary/aromatic N) is 3. The molecule has 9 nitrogen and oxygen atoms in total. The van der Waals surface area contributed by atoms with Crippen LogP contribution in [0, 0.1) is 6.92 Å². The lowest BCUT2D eigenvalue weighted by atomic mass is 10.0. The van der Waals surface area contributed by atoms with Crippen LogP contribution in [0.25, 0.3) is 22.0 Å². The number of hydrogen-bond acceptors (Lipinski definition) is 8. The Balaban J connectivity index is 1.45. The molecule has 3 N–H and O–H groups in total. The number of aromatic nitrogens is 3. The van der Waals surface area contributed by atoms with E-state index in [1.807, 2.05) is 0 Å². The summed E-state index contributed by atoms with van der Waals surface area (Å²) in [5, 5.41) is 7.15. The number of fused-ring (bicyclic) bond motifs is 1. The molecule has 14 heteroatoms. The largest absolute Gasteiger partial charge is 0.437 e. The highest BCUT2D eigenvalue weighted by Gasteiger charge is 2.30. The van der Waals surface area contributed by atoms with Crippen LogP contribution >= 0.6 is 0 Å². The third-order valence-corrected chi connectivity index (χ3v) is 7.90. The Kier molecular flexibility index (Phi) is 8.45. The first kappa shape index (κ1) is 29.5. The second-order valence-corrected chi connectivity index (χ2v) is 11.8. The SMILES string of the molecule is Cc1cc(NS(=O)(=O)CCC(F)(F)F)c2ccccc2c1Oc1ncccc1-c1ccnc(N[C@@H]2CNC[C@@H](F)C2)n1. The molecule has 0 radical (unpaired) electrons. The van der Waals surface area contributed by atoms with E-state index in [1.165, 1.54) is 6.07 Å². The molecule has 0 spiro atoms. The standard InChI is InChI=1S/C28H28F4N6O3S/c1-17-13-24(38-42(39,40)12-9-28(30,31)32)20-5-2-3-6-21(20)25(17)41-26-22(7-4-10-34-26)23-8-11-35-27(37-23)36-19-14-18(29)15-33-16-19/h2-8,10-11,13,18-19,33,38H,9,12,14-16H2,1H3,(H,35,36,37)/t18-,19-/m0/s1. The van der Waals surface area contributed by atoms with Gasteiger partial charge < -0.3 is 15.4 Å². The first-order valence-corrected chi connectivity index (χ1v) is 14.8. The molecule has 2 aromatic carbocycles. The Bertz CT molecular complexity index is 1690. The van der Waals surface area contributed by atoms with Crippen LogP contribution in [0.15, 0.2) is 60.9 Å². The van der Waals surface area contributed by atoms with Crippen molar-refractivity contribution >= 4 is 32.4 Å². The molecule has 1 saturated heterocycles. The van der Waals surface area contributed by atoms with E-state index >= 15 is 0 Å². The number of pyridine rings is 1. The van der Waals surface area contributed by atoms with Gasteiger partial charge in [0.25, 0.3) is 0 Å². The van der Waals surface area contributed by atoms with Gasteiger partial charge in [0, 0.05) is 48.7 Å². The van der Waals surface area contributed by atoms with Crippen molar-refractivity contribution in [3.8, 4) is 22.9 Å². The maximum Gasteiger partial charge on any atom is 0.390 e. The fourth-order valence-electron chi connectivity index (χ4n) is 4.70. The summed E-state index contributed by atoms with van der Waals surface area (Å²) in [6.45, 7) is 2.59. The van der Waals surface area contributed by atoms with Crippen molar-refractivity contribution < 1.29 is 30.7 Å².